The monoisotopic (exact) mass is 433 g/mol. The fraction of sp³-hybridized carbons (Fsp3) is 0.444. The Morgan fingerprint density at radius 2 is 1.44 bits per heavy atom. The molecule has 0 atom stereocenters. The average molecular weight is 434 g/mol. The Hall–Kier alpha value is -2.79. The lowest BCUT2D eigenvalue weighted by atomic mass is 9.82. The summed E-state index contributed by atoms with van der Waals surface area (Å²) >= 11 is 0. The minimum Gasteiger partial charge on any atom is -0.328 e. The first-order valence-electron chi connectivity index (χ1n) is 11.6. The second-order valence-corrected chi connectivity index (χ2v) is 10.3. The van der Waals surface area contributed by atoms with E-state index < -0.39 is 0 Å². The molecular weight excluding hydrogens is 398 g/mol. The van der Waals surface area contributed by atoms with Crippen LogP contribution in [0.1, 0.15) is 59.9 Å². The maximum Gasteiger partial charge on any atom is 0.261 e. The van der Waals surface area contributed by atoms with E-state index in [2.05, 4.69) is 63.7 Å². The third kappa shape index (κ3) is 3.90. The fourth-order valence-electron chi connectivity index (χ4n) is 5.11. The van der Waals surface area contributed by atoms with Crippen molar-refractivity contribution in [3.63, 3.8) is 0 Å². The molecule has 0 fully saturated rings. The molecule has 168 valence electrons. The van der Waals surface area contributed by atoms with Crippen molar-refractivity contribution in [2.75, 3.05) is 40.3 Å². The van der Waals surface area contributed by atoms with Crippen LogP contribution in [-0.2, 0) is 5.41 Å². The van der Waals surface area contributed by atoms with Gasteiger partial charge in [0.05, 0.1) is 50.1 Å². The average Bonchev–Trinajstić information content (AvgIpc) is 3.12. The zero-order valence-corrected chi connectivity index (χ0v) is 20.0. The van der Waals surface area contributed by atoms with Crippen molar-refractivity contribution in [1.29, 1.82) is 0 Å². The van der Waals surface area contributed by atoms with Crippen molar-refractivity contribution in [2.24, 2.45) is 0 Å². The first kappa shape index (κ1) is 22.4. The fourth-order valence-corrected chi connectivity index (χ4v) is 5.11. The molecule has 2 aliphatic rings. The van der Waals surface area contributed by atoms with Gasteiger partial charge in [0, 0.05) is 31.5 Å². The van der Waals surface area contributed by atoms with Crippen LogP contribution in [0.2, 0.25) is 0 Å². The second-order valence-electron chi connectivity index (χ2n) is 10.3. The third-order valence-electron chi connectivity index (χ3n) is 7.35. The van der Waals surface area contributed by atoms with E-state index in [9.17, 15) is 9.59 Å². The lowest BCUT2D eigenvalue weighted by Gasteiger charge is -2.30. The van der Waals surface area contributed by atoms with Crippen molar-refractivity contribution in [1.82, 2.24) is 4.90 Å². The van der Waals surface area contributed by atoms with Gasteiger partial charge < -0.3 is 4.48 Å². The zero-order valence-electron chi connectivity index (χ0n) is 20.0. The van der Waals surface area contributed by atoms with Gasteiger partial charge in [-0.05, 0) is 26.0 Å². The van der Waals surface area contributed by atoms with E-state index in [1.165, 1.54) is 21.9 Å². The minimum atomic E-state index is -0.155. The first-order chi connectivity index (χ1) is 15.1. The minimum absolute atomic E-state index is 0.0767. The van der Waals surface area contributed by atoms with Gasteiger partial charge in [-0.1, -0.05) is 30.3 Å². The van der Waals surface area contributed by atoms with E-state index >= 15 is 0 Å². The van der Waals surface area contributed by atoms with Crippen molar-refractivity contribution in [3.05, 3.63) is 65.2 Å². The van der Waals surface area contributed by atoms with Gasteiger partial charge in [-0.15, -0.1) is 0 Å². The van der Waals surface area contributed by atoms with Crippen molar-refractivity contribution < 1.29 is 18.6 Å². The van der Waals surface area contributed by atoms with E-state index in [0.717, 1.165) is 37.0 Å². The number of para-hydroxylation sites is 1. The summed E-state index contributed by atoms with van der Waals surface area (Å²) in [6.45, 7) is 10.3. The summed E-state index contributed by atoms with van der Waals surface area (Å²) < 4.78 is 3.36. The summed E-state index contributed by atoms with van der Waals surface area (Å²) in [5.41, 5.74) is 5.30. The Labute approximate surface area is 191 Å². The molecule has 2 aromatic carbocycles. The predicted octanol–water partition coefficient (Wildman–Crippen LogP) is 4.24. The van der Waals surface area contributed by atoms with Crippen molar-refractivity contribution >= 4 is 23.2 Å². The maximum absolute atomic E-state index is 12.6. The lowest BCUT2D eigenvalue weighted by molar-refractivity contribution is -0.891. The highest BCUT2D eigenvalue weighted by molar-refractivity contribution is 6.21. The molecular formula is C27H35N3O2+2. The molecule has 0 spiro atoms. The van der Waals surface area contributed by atoms with Crippen LogP contribution in [0.5, 0.6) is 0 Å². The number of hydrogen-bond acceptors (Lipinski definition) is 2. The number of carbonyl (C=O) groups excluding carboxylic acids is 2. The molecule has 5 nitrogen and oxygen atoms in total. The third-order valence-corrected chi connectivity index (χ3v) is 7.35. The molecule has 2 heterocycles. The highest BCUT2D eigenvalue weighted by atomic mass is 16.2. The molecule has 0 aliphatic carbocycles. The van der Waals surface area contributed by atoms with E-state index in [1.54, 1.807) is 12.1 Å². The highest BCUT2D eigenvalue weighted by Gasteiger charge is 2.42. The number of nitrogens with zero attached hydrogens (tertiary/aromatic N) is 3. The van der Waals surface area contributed by atoms with Gasteiger partial charge in [0.2, 0.25) is 5.69 Å². The molecule has 2 amide bonds. The SMILES string of the molecule is CC1=[N+](CCC[N+](C)(C)CCCN2C(=O)c3ccccc3C2=O)c2ccccc2C1(C)C. The summed E-state index contributed by atoms with van der Waals surface area (Å²) in [6, 6.07) is 15.8. The van der Waals surface area contributed by atoms with Gasteiger partial charge in [-0.25, -0.2) is 0 Å². The number of fused-ring (bicyclic) bond motifs is 2. The van der Waals surface area contributed by atoms with Gasteiger partial charge in [0.1, 0.15) is 0 Å². The molecule has 4 rings (SSSR count). The Kier molecular flexibility index (Phi) is 5.80. The Morgan fingerprint density at radius 1 is 0.875 bits per heavy atom. The molecule has 0 aromatic heterocycles. The maximum atomic E-state index is 12.6. The molecule has 0 saturated heterocycles. The number of quaternary nitrogens is 1. The summed E-state index contributed by atoms with van der Waals surface area (Å²) in [4.78, 5) is 26.5. The topological polar surface area (TPSA) is 40.4 Å². The zero-order chi connectivity index (χ0) is 23.1. The number of carbonyl (C=O) groups is 2. The largest absolute Gasteiger partial charge is 0.328 e. The molecule has 0 unspecified atom stereocenters. The van der Waals surface area contributed by atoms with Crippen LogP contribution in [0, 0.1) is 0 Å². The first-order valence-corrected chi connectivity index (χ1v) is 11.6. The van der Waals surface area contributed by atoms with Gasteiger partial charge >= 0.3 is 0 Å². The summed E-state index contributed by atoms with van der Waals surface area (Å²) in [5.74, 6) is -0.311. The van der Waals surface area contributed by atoms with Crippen LogP contribution in [-0.4, -0.2) is 71.8 Å². The number of rotatable bonds is 8. The van der Waals surface area contributed by atoms with Crippen LogP contribution in [0.15, 0.2) is 48.5 Å². The quantitative estimate of drug-likeness (QED) is 0.355. The van der Waals surface area contributed by atoms with Gasteiger partial charge in [-0.3, -0.25) is 14.5 Å². The smallest absolute Gasteiger partial charge is 0.261 e. The summed E-state index contributed by atoms with van der Waals surface area (Å²) in [6.07, 6.45) is 1.89. The lowest BCUT2D eigenvalue weighted by Crippen LogP contribution is -2.43. The number of benzene rings is 2. The molecule has 0 radical (unpaired) electrons. The van der Waals surface area contributed by atoms with E-state index in [0.29, 0.717) is 17.7 Å². The van der Waals surface area contributed by atoms with Crippen molar-refractivity contribution in [2.45, 2.75) is 39.0 Å². The second kappa shape index (κ2) is 8.28. The summed E-state index contributed by atoms with van der Waals surface area (Å²) in [7, 11) is 4.47. The van der Waals surface area contributed by atoms with Crippen LogP contribution in [0.4, 0.5) is 5.69 Å². The Morgan fingerprint density at radius 3 is 2.09 bits per heavy atom. The molecule has 2 aliphatic heterocycles. The predicted molar refractivity (Wildman–Crippen MR) is 128 cm³/mol. The van der Waals surface area contributed by atoms with Gasteiger partial charge in [-0.2, -0.15) is 4.58 Å². The molecule has 2 aromatic rings. The van der Waals surface area contributed by atoms with Crippen LogP contribution >= 0.6 is 0 Å². The molecule has 0 bridgehead atoms. The number of hydrogen-bond donors (Lipinski definition) is 0. The normalized spacial score (nSPS) is 17.2. The Bertz CT molecular complexity index is 1060. The highest BCUT2D eigenvalue weighted by Crippen LogP contribution is 2.39. The molecule has 0 N–H and O–H groups in total. The van der Waals surface area contributed by atoms with E-state index in [1.807, 2.05) is 12.1 Å². The van der Waals surface area contributed by atoms with Crippen molar-refractivity contribution in [3.8, 4) is 0 Å². The molecule has 0 saturated carbocycles. The molecule has 32 heavy (non-hydrogen) atoms. The van der Waals surface area contributed by atoms with Crippen LogP contribution in [0.3, 0.4) is 0 Å². The van der Waals surface area contributed by atoms with Crippen LogP contribution in [0.25, 0.3) is 0 Å². The standard InChI is InChI=1S/C27H35N3O2/c1-20-27(2,3)23-14-8-9-15-24(23)28(20)16-10-18-30(4,5)19-11-17-29-25(31)21-12-6-7-13-22(21)26(29)32/h6-9,12-15H,10-11,16-19H2,1-5H3/q+2. The Balaban J connectivity index is 1.30. The summed E-state index contributed by atoms with van der Waals surface area (Å²) in [5, 5.41) is 0. The van der Waals surface area contributed by atoms with E-state index in [-0.39, 0.29) is 17.2 Å². The molecule has 5 heteroatoms. The van der Waals surface area contributed by atoms with E-state index in [4.69, 9.17) is 0 Å². The van der Waals surface area contributed by atoms with Crippen LogP contribution < -0.4 is 0 Å². The number of amides is 2. The van der Waals surface area contributed by atoms with Gasteiger partial charge in [0.15, 0.2) is 12.3 Å². The van der Waals surface area contributed by atoms with Gasteiger partial charge in [0.25, 0.3) is 11.8 Å². The number of imide groups is 1.